The van der Waals surface area contributed by atoms with Crippen LogP contribution in [-0.4, -0.2) is 11.5 Å². The molecule has 0 amide bonds. The topological polar surface area (TPSA) is 24.9 Å². The van der Waals surface area contributed by atoms with E-state index in [-0.39, 0.29) is 0 Å². The van der Waals surface area contributed by atoms with Gasteiger partial charge in [0.25, 0.3) is 0 Å². The molecule has 0 unspecified atom stereocenters. The standard InChI is InChI=1S/C15H18Cl2N2/c1-5-18-14-10-6-7-11(16)13(17)15(10)19-9(4)12(14)8(2)3/h6-8H,5H2,1-4H3,(H,18,19). The highest BCUT2D eigenvalue weighted by Gasteiger charge is 2.17. The van der Waals surface area contributed by atoms with E-state index in [2.05, 4.69) is 31.1 Å². The molecule has 2 nitrogen and oxygen atoms in total. The summed E-state index contributed by atoms with van der Waals surface area (Å²) >= 11 is 12.4. The predicted octanol–water partition coefficient (Wildman–Crippen LogP) is 5.41. The SMILES string of the molecule is CCNc1c(C(C)C)c(C)nc2c(Cl)c(Cl)ccc12. The fraction of sp³-hybridized carbons (Fsp3) is 0.400. The summed E-state index contributed by atoms with van der Waals surface area (Å²) in [7, 11) is 0. The predicted molar refractivity (Wildman–Crippen MR) is 84.8 cm³/mol. The van der Waals surface area contributed by atoms with Crippen LogP contribution >= 0.6 is 23.2 Å². The van der Waals surface area contributed by atoms with Gasteiger partial charge in [-0.3, -0.25) is 4.98 Å². The number of halogens is 2. The molecular weight excluding hydrogens is 279 g/mol. The van der Waals surface area contributed by atoms with Crippen LogP contribution in [0.25, 0.3) is 10.9 Å². The summed E-state index contributed by atoms with van der Waals surface area (Å²) in [5.41, 5.74) is 4.14. The van der Waals surface area contributed by atoms with Gasteiger partial charge in [-0.1, -0.05) is 37.0 Å². The highest BCUT2D eigenvalue weighted by molar-refractivity contribution is 6.45. The maximum absolute atomic E-state index is 6.28. The number of nitrogens with one attached hydrogen (secondary N) is 1. The zero-order valence-corrected chi connectivity index (χ0v) is 13.2. The van der Waals surface area contributed by atoms with Crippen molar-refractivity contribution in [2.24, 2.45) is 0 Å². The highest BCUT2D eigenvalue weighted by Crippen LogP contribution is 2.38. The molecule has 0 saturated heterocycles. The van der Waals surface area contributed by atoms with E-state index in [1.807, 2.05) is 19.1 Å². The number of nitrogens with zero attached hydrogens (tertiary/aromatic N) is 1. The van der Waals surface area contributed by atoms with Crippen LogP contribution in [-0.2, 0) is 0 Å². The second-order valence-electron chi connectivity index (χ2n) is 4.93. The van der Waals surface area contributed by atoms with Crippen LogP contribution in [0.1, 0.15) is 37.9 Å². The van der Waals surface area contributed by atoms with Crippen LogP contribution in [0.3, 0.4) is 0 Å². The minimum atomic E-state index is 0.403. The fourth-order valence-electron chi connectivity index (χ4n) is 2.48. The number of aryl methyl sites for hydroxylation is 1. The van der Waals surface area contributed by atoms with Crippen molar-refractivity contribution in [1.82, 2.24) is 4.98 Å². The van der Waals surface area contributed by atoms with Gasteiger partial charge in [0.1, 0.15) is 0 Å². The molecule has 4 heteroatoms. The van der Waals surface area contributed by atoms with Crippen molar-refractivity contribution in [3.63, 3.8) is 0 Å². The average molecular weight is 297 g/mol. The van der Waals surface area contributed by atoms with E-state index in [0.29, 0.717) is 16.0 Å². The van der Waals surface area contributed by atoms with E-state index >= 15 is 0 Å². The van der Waals surface area contributed by atoms with E-state index in [1.165, 1.54) is 5.56 Å². The van der Waals surface area contributed by atoms with Gasteiger partial charge in [-0.2, -0.15) is 0 Å². The molecule has 0 bridgehead atoms. The average Bonchev–Trinajstić information content (AvgIpc) is 2.34. The summed E-state index contributed by atoms with van der Waals surface area (Å²) in [6.45, 7) is 9.32. The molecule has 19 heavy (non-hydrogen) atoms. The van der Waals surface area contributed by atoms with Gasteiger partial charge in [0, 0.05) is 23.3 Å². The Kier molecular flexibility index (Phi) is 4.22. The maximum atomic E-state index is 6.28. The summed E-state index contributed by atoms with van der Waals surface area (Å²) in [5, 5.41) is 5.55. The molecule has 1 N–H and O–H groups in total. The molecule has 1 aromatic carbocycles. The first-order valence-electron chi connectivity index (χ1n) is 6.49. The van der Waals surface area contributed by atoms with Gasteiger partial charge in [0.2, 0.25) is 0 Å². The quantitative estimate of drug-likeness (QED) is 0.819. The lowest BCUT2D eigenvalue weighted by molar-refractivity contribution is 0.848. The molecular formula is C15H18Cl2N2. The van der Waals surface area contributed by atoms with Crippen molar-refractivity contribution in [3.8, 4) is 0 Å². The second-order valence-corrected chi connectivity index (χ2v) is 5.71. The summed E-state index contributed by atoms with van der Waals surface area (Å²) in [5.74, 6) is 0.403. The molecule has 0 aliphatic rings. The van der Waals surface area contributed by atoms with Crippen molar-refractivity contribution in [3.05, 3.63) is 33.4 Å². The molecule has 0 fully saturated rings. The molecule has 0 spiro atoms. The van der Waals surface area contributed by atoms with Crippen molar-refractivity contribution >= 4 is 39.8 Å². The van der Waals surface area contributed by atoms with Gasteiger partial charge in [-0.25, -0.2) is 0 Å². The molecule has 2 aromatic rings. The molecule has 1 aromatic heterocycles. The molecule has 0 radical (unpaired) electrons. The number of anilines is 1. The number of rotatable bonds is 3. The van der Waals surface area contributed by atoms with Crippen molar-refractivity contribution in [1.29, 1.82) is 0 Å². The van der Waals surface area contributed by atoms with Gasteiger partial charge < -0.3 is 5.32 Å². The fourth-order valence-corrected chi connectivity index (χ4v) is 2.84. The highest BCUT2D eigenvalue weighted by atomic mass is 35.5. The number of pyridine rings is 1. The normalized spacial score (nSPS) is 11.3. The Hall–Kier alpha value is -0.990. The lowest BCUT2D eigenvalue weighted by atomic mass is 9.96. The zero-order valence-electron chi connectivity index (χ0n) is 11.6. The Bertz CT molecular complexity index is 621. The van der Waals surface area contributed by atoms with Crippen LogP contribution in [0.15, 0.2) is 12.1 Å². The zero-order chi connectivity index (χ0) is 14.2. The van der Waals surface area contributed by atoms with Gasteiger partial charge in [0.15, 0.2) is 0 Å². The Morgan fingerprint density at radius 3 is 2.53 bits per heavy atom. The Morgan fingerprint density at radius 1 is 1.26 bits per heavy atom. The van der Waals surface area contributed by atoms with Gasteiger partial charge in [-0.15, -0.1) is 0 Å². The molecule has 1 heterocycles. The molecule has 0 atom stereocenters. The third-order valence-corrected chi connectivity index (χ3v) is 4.00. The lowest BCUT2D eigenvalue weighted by Gasteiger charge is -2.19. The number of aromatic nitrogens is 1. The smallest absolute Gasteiger partial charge is 0.0927 e. The first kappa shape index (κ1) is 14.4. The number of benzene rings is 1. The first-order valence-corrected chi connectivity index (χ1v) is 7.25. The lowest BCUT2D eigenvalue weighted by Crippen LogP contribution is -2.07. The van der Waals surface area contributed by atoms with Gasteiger partial charge in [0.05, 0.1) is 15.6 Å². The summed E-state index contributed by atoms with van der Waals surface area (Å²) < 4.78 is 0. The molecule has 0 aliphatic carbocycles. The van der Waals surface area contributed by atoms with Crippen molar-refractivity contribution in [2.45, 2.75) is 33.6 Å². The van der Waals surface area contributed by atoms with Crippen LogP contribution < -0.4 is 5.32 Å². The molecule has 102 valence electrons. The monoisotopic (exact) mass is 296 g/mol. The number of hydrogen-bond acceptors (Lipinski definition) is 2. The van der Waals surface area contributed by atoms with E-state index in [1.54, 1.807) is 0 Å². The third-order valence-electron chi connectivity index (χ3n) is 3.21. The largest absolute Gasteiger partial charge is 0.384 e. The summed E-state index contributed by atoms with van der Waals surface area (Å²) in [6, 6.07) is 3.81. The van der Waals surface area contributed by atoms with Crippen molar-refractivity contribution < 1.29 is 0 Å². The molecule has 0 saturated carbocycles. The van der Waals surface area contributed by atoms with Gasteiger partial charge in [-0.05, 0) is 37.5 Å². The minimum Gasteiger partial charge on any atom is -0.384 e. The Morgan fingerprint density at radius 2 is 1.95 bits per heavy atom. The van der Waals surface area contributed by atoms with E-state index in [4.69, 9.17) is 23.2 Å². The molecule has 0 aliphatic heterocycles. The van der Waals surface area contributed by atoms with E-state index < -0.39 is 0 Å². The Balaban J connectivity index is 2.88. The van der Waals surface area contributed by atoms with Gasteiger partial charge >= 0.3 is 0 Å². The number of hydrogen-bond donors (Lipinski definition) is 1. The van der Waals surface area contributed by atoms with E-state index in [9.17, 15) is 0 Å². The summed E-state index contributed by atoms with van der Waals surface area (Å²) in [6.07, 6.45) is 0. The van der Waals surface area contributed by atoms with Crippen LogP contribution in [0.4, 0.5) is 5.69 Å². The maximum Gasteiger partial charge on any atom is 0.0927 e. The summed E-state index contributed by atoms with van der Waals surface area (Å²) in [4.78, 5) is 4.64. The number of fused-ring (bicyclic) bond motifs is 1. The van der Waals surface area contributed by atoms with Crippen LogP contribution in [0, 0.1) is 6.92 Å². The minimum absolute atomic E-state index is 0.403. The molecule has 2 rings (SSSR count). The first-order chi connectivity index (χ1) is 8.97. The Labute approximate surface area is 124 Å². The second kappa shape index (κ2) is 5.56. The third kappa shape index (κ3) is 2.52. The van der Waals surface area contributed by atoms with Crippen molar-refractivity contribution in [2.75, 3.05) is 11.9 Å². The van der Waals surface area contributed by atoms with Crippen LogP contribution in [0.5, 0.6) is 0 Å². The van der Waals surface area contributed by atoms with Crippen LogP contribution in [0.2, 0.25) is 10.0 Å². The van der Waals surface area contributed by atoms with E-state index in [0.717, 1.165) is 28.8 Å².